The minimum atomic E-state index is -0.206. The molecular weight excluding hydrogens is 304 g/mol. The van der Waals surface area contributed by atoms with E-state index in [0.717, 1.165) is 64.3 Å². The molecule has 0 N–H and O–H groups in total. The third-order valence-corrected chi connectivity index (χ3v) is 5.99. The van der Waals surface area contributed by atoms with Gasteiger partial charge < -0.3 is 14.1 Å². The first-order chi connectivity index (χ1) is 11.7. The molecule has 1 aromatic rings. The van der Waals surface area contributed by atoms with Gasteiger partial charge in [0.1, 0.15) is 6.10 Å². The fourth-order valence-electron chi connectivity index (χ4n) is 4.37. The minimum Gasteiger partial charge on any atom is -0.472 e. The number of ether oxygens (including phenoxy) is 1. The van der Waals surface area contributed by atoms with Crippen molar-refractivity contribution in [2.24, 2.45) is 11.8 Å². The van der Waals surface area contributed by atoms with Crippen molar-refractivity contribution in [1.82, 2.24) is 9.80 Å². The molecule has 3 aliphatic rings. The fourth-order valence-corrected chi connectivity index (χ4v) is 4.37. The number of likely N-dealkylation sites (tertiary alicyclic amines) is 2. The fraction of sp³-hybridized carbons (Fsp3) is 0.737. The van der Waals surface area contributed by atoms with Crippen LogP contribution in [-0.2, 0) is 16.1 Å². The molecule has 4 rings (SSSR count). The zero-order chi connectivity index (χ0) is 16.5. The van der Waals surface area contributed by atoms with E-state index < -0.39 is 0 Å². The third kappa shape index (κ3) is 3.38. The molecule has 3 aliphatic heterocycles. The maximum Gasteiger partial charge on any atom is 0.251 e. The second kappa shape index (κ2) is 6.89. The lowest BCUT2D eigenvalue weighted by molar-refractivity contribution is -0.145. The van der Waals surface area contributed by atoms with E-state index in [1.165, 1.54) is 5.56 Å². The summed E-state index contributed by atoms with van der Waals surface area (Å²) in [7, 11) is 0. The van der Waals surface area contributed by atoms with E-state index in [4.69, 9.17) is 9.15 Å². The smallest absolute Gasteiger partial charge is 0.251 e. The van der Waals surface area contributed by atoms with Gasteiger partial charge in [0.2, 0.25) is 0 Å². The van der Waals surface area contributed by atoms with Gasteiger partial charge in [-0.2, -0.15) is 0 Å². The Bertz CT molecular complexity index is 551. The predicted molar refractivity (Wildman–Crippen MR) is 90.3 cm³/mol. The van der Waals surface area contributed by atoms with Crippen LogP contribution in [0.1, 0.15) is 38.2 Å². The van der Waals surface area contributed by atoms with Crippen LogP contribution >= 0.6 is 0 Å². The average molecular weight is 332 g/mol. The number of piperidine rings is 2. The summed E-state index contributed by atoms with van der Waals surface area (Å²) in [5.74, 6) is 1.53. The Morgan fingerprint density at radius 3 is 2.83 bits per heavy atom. The first-order valence-electron chi connectivity index (χ1n) is 9.36. The highest BCUT2D eigenvalue weighted by molar-refractivity contribution is 5.81. The van der Waals surface area contributed by atoms with Crippen molar-refractivity contribution in [2.75, 3.05) is 26.2 Å². The number of fused-ring (bicyclic) bond motifs is 1. The highest BCUT2D eigenvalue weighted by Gasteiger charge is 2.43. The first-order valence-corrected chi connectivity index (χ1v) is 9.36. The summed E-state index contributed by atoms with van der Waals surface area (Å²) in [6.07, 6.45) is 7.84. The van der Waals surface area contributed by atoms with Crippen molar-refractivity contribution >= 4 is 5.91 Å². The number of rotatable bonds is 3. The van der Waals surface area contributed by atoms with Gasteiger partial charge in [-0.1, -0.05) is 6.92 Å². The topological polar surface area (TPSA) is 45.9 Å². The Kier molecular flexibility index (Phi) is 4.63. The van der Waals surface area contributed by atoms with Crippen LogP contribution in [0.15, 0.2) is 23.0 Å². The first kappa shape index (κ1) is 16.2. The van der Waals surface area contributed by atoms with Crippen LogP contribution in [0.5, 0.6) is 0 Å². The second-order valence-corrected chi connectivity index (χ2v) is 7.82. The van der Waals surface area contributed by atoms with Crippen molar-refractivity contribution in [1.29, 1.82) is 0 Å². The number of hydrogen-bond donors (Lipinski definition) is 0. The average Bonchev–Trinajstić information content (AvgIpc) is 3.24. The lowest BCUT2D eigenvalue weighted by atomic mass is 9.91. The Balaban J connectivity index is 1.31. The van der Waals surface area contributed by atoms with Crippen LogP contribution in [0.3, 0.4) is 0 Å². The molecule has 1 aromatic heterocycles. The van der Waals surface area contributed by atoms with E-state index in [0.29, 0.717) is 5.92 Å². The zero-order valence-electron chi connectivity index (χ0n) is 14.5. The van der Waals surface area contributed by atoms with Crippen molar-refractivity contribution in [3.63, 3.8) is 0 Å². The lowest BCUT2D eigenvalue weighted by Crippen LogP contribution is -2.44. The van der Waals surface area contributed by atoms with Crippen LogP contribution in [0, 0.1) is 11.8 Å². The van der Waals surface area contributed by atoms with Gasteiger partial charge in [-0.25, -0.2) is 0 Å². The number of nitrogens with zero attached hydrogens (tertiary/aromatic N) is 2. The molecule has 1 amide bonds. The quantitative estimate of drug-likeness (QED) is 0.853. The monoisotopic (exact) mass is 332 g/mol. The molecule has 4 heterocycles. The molecule has 5 heteroatoms. The predicted octanol–water partition coefficient (Wildman–Crippen LogP) is 2.52. The Morgan fingerprint density at radius 1 is 1.25 bits per heavy atom. The molecule has 3 saturated heterocycles. The standard InChI is InChI=1S/C19H28N2O3/c1-14-2-7-21(8-3-14)19(22)17-10-16-4-6-20(12-18(16)24-17)11-15-5-9-23-13-15/h5,9,13-14,16-18H,2-4,6-8,10-12H2,1H3/t16-,17-,18-/m0/s1. The van der Waals surface area contributed by atoms with Gasteiger partial charge in [-0.15, -0.1) is 0 Å². The summed E-state index contributed by atoms with van der Waals surface area (Å²) in [6.45, 7) is 7.00. The summed E-state index contributed by atoms with van der Waals surface area (Å²) in [6, 6.07) is 2.02. The molecule has 3 fully saturated rings. The molecule has 0 radical (unpaired) electrons. The van der Waals surface area contributed by atoms with Crippen LogP contribution in [0.4, 0.5) is 0 Å². The maximum atomic E-state index is 12.8. The van der Waals surface area contributed by atoms with Crippen molar-refractivity contribution in [3.8, 4) is 0 Å². The molecule has 0 aromatic carbocycles. The van der Waals surface area contributed by atoms with E-state index in [1.807, 2.05) is 17.2 Å². The summed E-state index contributed by atoms with van der Waals surface area (Å²) >= 11 is 0. The van der Waals surface area contributed by atoms with Crippen LogP contribution < -0.4 is 0 Å². The lowest BCUT2D eigenvalue weighted by Gasteiger charge is -2.34. The Hall–Kier alpha value is -1.33. The van der Waals surface area contributed by atoms with E-state index >= 15 is 0 Å². The largest absolute Gasteiger partial charge is 0.472 e. The van der Waals surface area contributed by atoms with Crippen LogP contribution in [-0.4, -0.2) is 54.1 Å². The van der Waals surface area contributed by atoms with E-state index in [1.54, 1.807) is 6.26 Å². The van der Waals surface area contributed by atoms with Crippen molar-refractivity contribution in [2.45, 2.75) is 51.4 Å². The maximum absolute atomic E-state index is 12.8. The van der Waals surface area contributed by atoms with Gasteiger partial charge in [-0.3, -0.25) is 9.69 Å². The summed E-state index contributed by atoms with van der Waals surface area (Å²) < 4.78 is 11.4. The van der Waals surface area contributed by atoms with Crippen LogP contribution in [0.2, 0.25) is 0 Å². The number of furan rings is 1. The van der Waals surface area contributed by atoms with Gasteiger partial charge in [0.05, 0.1) is 18.6 Å². The summed E-state index contributed by atoms with van der Waals surface area (Å²) in [4.78, 5) is 17.2. The molecule has 24 heavy (non-hydrogen) atoms. The van der Waals surface area contributed by atoms with Gasteiger partial charge >= 0.3 is 0 Å². The normalized spacial score (nSPS) is 32.0. The summed E-state index contributed by atoms with van der Waals surface area (Å²) in [5, 5.41) is 0. The van der Waals surface area contributed by atoms with Gasteiger partial charge in [0, 0.05) is 31.7 Å². The molecule has 0 unspecified atom stereocenters. The Labute approximate surface area is 143 Å². The summed E-state index contributed by atoms with van der Waals surface area (Å²) in [5.41, 5.74) is 1.21. The van der Waals surface area contributed by atoms with Crippen LogP contribution in [0.25, 0.3) is 0 Å². The molecule has 3 atom stereocenters. The zero-order valence-corrected chi connectivity index (χ0v) is 14.5. The molecule has 0 aliphatic carbocycles. The highest BCUT2D eigenvalue weighted by Crippen LogP contribution is 2.35. The number of carbonyl (C=O) groups excluding carboxylic acids is 1. The third-order valence-electron chi connectivity index (χ3n) is 5.99. The van der Waals surface area contributed by atoms with Crippen molar-refractivity contribution in [3.05, 3.63) is 24.2 Å². The van der Waals surface area contributed by atoms with E-state index in [9.17, 15) is 4.79 Å². The van der Waals surface area contributed by atoms with Crippen molar-refractivity contribution < 1.29 is 13.9 Å². The minimum absolute atomic E-state index is 0.206. The second-order valence-electron chi connectivity index (χ2n) is 7.82. The molecule has 132 valence electrons. The van der Waals surface area contributed by atoms with Gasteiger partial charge in [-0.05, 0) is 50.1 Å². The van der Waals surface area contributed by atoms with Gasteiger partial charge in [0.25, 0.3) is 5.91 Å². The van der Waals surface area contributed by atoms with E-state index in [-0.39, 0.29) is 18.1 Å². The molecule has 5 nitrogen and oxygen atoms in total. The SMILES string of the molecule is CC1CCN(C(=O)[C@@H]2C[C@@H]3CCN(Cc4ccoc4)C[C@@H]3O2)CC1. The number of carbonyl (C=O) groups is 1. The molecule has 0 saturated carbocycles. The van der Waals surface area contributed by atoms with E-state index in [2.05, 4.69) is 11.8 Å². The number of hydrogen-bond acceptors (Lipinski definition) is 4. The number of amides is 1. The Morgan fingerprint density at radius 2 is 2.08 bits per heavy atom. The highest BCUT2D eigenvalue weighted by atomic mass is 16.5. The molecule has 0 bridgehead atoms. The molecular formula is C19H28N2O3. The molecule has 0 spiro atoms. The van der Waals surface area contributed by atoms with Gasteiger partial charge in [0.15, 0.2) is 0 Å².